The number of methoxy groups -OCH3 is 1. The zero-order valence-corrected chi connectivity index (χ0v) is 15.6. The monoisotopic (exact) mass is 392 g/mol. The smallest absolute Gasteiger partial charge is 0.330 e. The normalized spacial score (nSPS) is 12.7. The predicted molar refractivity (Wildman–Crippen MR) is 98.8 cm³/mol. The lowest BCUT2D eigenvalue weighted by atomic mass is 10.0. The zero-order valence-electron chi connectivity index (χ0n) is 15.6. The summed E-state index contributed by atoms with van der Waals surface area (Å²) in [6.45, 7) is 3.76. The van der Waals surface area contributed by atoms with Crippen molar-refractivity contribution >= 4 is 23.2 Å². The molecule has 10 heteroatoms. The molecule has 150 valence electrons. The van der Waals surface area contributed by atoms with Crippen molar-refractivity contribution in [2.24, 2.45) is 10.9 Å². The van der Waals surface area contributed by atoms with Gasteiger partial charge in [0.15, 0.2) is 11.3 Å². The molecule has 0 bridgehead atoms. The number of benzene rings is 1. The van der Waals surface area contributed by atoms with Crippen LogP contribution in [0, 0.1) is 21.8 Å². The van der Waals surface area contributed by atoms with Crippen LogP contribution in [0.5, 0.6) is 0 Å². The summed E-state index contributed by atoms with van der Waals surface area (Å²) < 4.78 is 18.7. The number of hydrogen-bond acceptors (Lipinski definition) is 7. The van der Waals surface area contributed by atoms with E-state index in [2.05, 4.69) is 10.3 Å². The van der Waals surface area contributed by atoms with Crippen LogP contribution in [-0.4, -0.2) is 34.0 Å². The molecule has 0 saturated heterocycles. The molecular formula is C18H21FN4O5. The standard InChI is InChI=1S/C18H21FN4O5/c1-11(2)7-15(18(24)28-3)21-17-10-14(23(26)27)9-16(22(17)25)20-13-6-4-5-12(19)8-13/h4-6,8-11,15,20,25H,7H2,1-3H3. The number of aromatic nitrogens is 1. The van der Waals surface area contributed by atoms with Gasteiger partial charge < -0.3 is 15.3 Å². The van der Waals surface area contributed by atoms with Gasteiger partial charge in [0, 0.05) is 5.69 Å². The maximum Gasteiger partial charge on any atom is 0.330 e. The highest BCUT2D eigenvalue weighted by Crippen LogP contribution is 2.20. The van der Waals surface area contributed by atoms with Crippen molar-refractivity contribution in [1.82, 2.24) is 4.73 Å². The molecule has 0 spiro atoms. The number of halogens is 1. The van der Waals surface area contributed by atoms with E-state index in [9.17, 15) is 24.5 Å². The molecule has 28 heavy (non-hydrogen) atoms. The van der Waals surface area contributed by atoms with E-state index < -0.39 is 22.8 Å². The Kier molecular flexibility index (Phi) is 6.69. The Bertz CT molecular complexity index is 942. The molecule has 0 amide bonds. The summed E-state index contributed by atoms with van der Waals surface area (Å²) in [7, 11) is 1.21. The number of hydrogen-bond donors (Lipinski definition) is 2. The molecule has 0 aliphatic heterocycles. The van der Waals surface area contributed by atoms with Gasteiger partial charge >= 0.3 is 5.97 Å². The van der Waals surface area contributed by atoms with E-state index in [1.54, 1.807) is 0 Å². The minimum Gasteiger partial charge on any atom is -0.467 e. The largest absolute Gasteiger partial charge is 0.467 e. The van der Waals surface area contributed by atoms with Gasteiger partial charge in [-0.3, -0.25) is 10.1 Å². The predicted octanol–water partition coefficient (Wildman–Crippen LogP) is 3.00. The Hall–Kier alpha value is -3.43. The maximum absolute atomic E-state index is 13.4. The van der Waals surface area contributed by atoms with Crippen molar-refractivity contribution in [1.29, 1.82) is 0 Å². The van der Waals surface area contributed by atoms with E-state index in [0.717, 1.165) is 18.2 Å². The highest BCUT2D eigenvalue weighted by molar-refractivity contribution is 5.75. The van der Waals surface area contributed by atoms with Crippen molar-refractivity contribution in [3.05, 3.63) is 57.8 Å². The summed E-state index contributed by atoms with van der Waals surface area (Å²) >= 11 is 0. The summed E-state index contributed by atoms with van der Waals surface area (Å²) in [5, 5.41) is 24.4. The maximum atomic E-state index is 13.4. The fourth-order valence-electron chi connectivity index (χ4n) is 2.50. The summed E-state index contributed by atoms with van der Waals surface area (Å²) in [5.74, 6) is -1.18. The molecular weight excluding hydrogens is 371 g/mol. The Morgan fingerprint density at radius 3 is 2.68 bits per heavy atom. The number of rotatable bonds is 7. The van der Waals surface area contributed by atoms with Gasteiger partial charge in [-0.15, -0.1) is 0 Å². The Morgan fingerprint density at radius 1 is 1.39 bits per heavy atom. The van der Waals surface area contributed by atoms with Gasteiger partial charge in [-0.25, -0.2) is 14.2 Å². The van der Waals surface area contributed by atoms with Gasteiger partial charge in [0.25, 0.3) is 5.69 Å². The van der Waals surface area contributed by atoms with Crippen molar-refractivity contribution in [2.45, 2.75) is 26.3 Å². The lowest BCUT2D eigenvalue weighted by molar-refractivity contribution is -0.385. The molecule has 0 saturated carbocycles. The third-order valence-electron chi connectivity index (χ3n) is 3.77. The first-order valence-electron chi connectivity index (χ1n) is 8.46. The van der Waals surface area contributed by atoms with Gasteiger partial charge in [-0.2, -0.15) is 4.73 Å². The quantitative estimate of drug-likeness (QED) is 0.324. The van der Waals surface area contributed by atoms with Gasteiger partial charge in [0.05, 0.1) is 24.2 Å². The Morgan fingerprint density at radius 2 is 2.11 bits per heavy atom. The Balaban J connectivity index is 2.58. The molecule has 1 aromatic carbocycles. The minimum atomic E-state index is -0.951. The number of ether oxygens (including phenoxy) is 1. The first-order chi connectivity index (χ1) is 13.2. The number of nitro groups is 1. The van der Waals surface area contributed by atoms with Gasteiger partial charge in [-0.05, 0) is 30.5 Å². The molecule has 9 nitrogen and oxygen atoms in total. The second-order valence-corrected chi connectivity index (χ2v) is 6.46. The van der Waals surface area contributed by atoms with Crippen LogP contribution in [0.1, 0.15) is 20.3 Å². The van der Waals surface area contributed by atoms with Crippen LogP contribution in [0.3, 0.4) is 0 Å². The molecule has 2 N–H and O–H groups in total. The number of anilines is 2. The van der Waals surface area contributed by atoms with Crippen molar-refractivity contribution < 1.29 is 24.1 Å². The van der Waals surface area contributed by atoms with E-state index in [1.165, 1.54) is 25.3 Å². The molecule has 1 aromatic heterocycles. The van der Waals surface area contributed by atoms with E-state index in [-0.39, 0.29) is 28.6 Å². The van der Waals surface area contributed by atoms with Gasteiger partial charge in [0.2, 0.25) is 0 Å². The first kappa shape index (κ1) is 20.9. The molecule has 0 aliphatic carbocycles. The average molecular weight is 392 g/mol. The van der Waals surface area contributed by atoms with Crippen LogP contribution in [0.15, 0.2) is 41.4 Å². The highest BCUT2D eigenvalue weighted by atomic mass is 19.1. The van der Waals surface area contributed by atoms with E-state index in [0.29, 0.717) is 11.2 Å². The van der Waals surface area contributed by atoms with Gasteiger partial charge in [-0.1, -0.05) is 19.9 Å². The van der Waals surface area contributed by atoms with Crippen LogP contribution in [-0.2, 0) is 9.53 Å². The lowest BCUT2D eigenvalue weighted by Crippen LogP contribution is -2.29. The molecule has 1 unspecified atom stereocenters. The number of nitrogens with zero attached hydrogens (tertiary/aromatic N) is 3. The Labute approximate surface area is 160 Å². The number of carbonyl (C=O) groups excluding carboxylic acids is 1. The minimum absolute atomic E-state index is 0.0866. The molecule has 1 heterocycles. The highest BCUT2D eigenvalue weighted by Gasteiger charge is 2.21. The molecule has 2 rings (SSSR count). The zero-order chi connectivity index (χ0) is 20.8. The van der Waals surface area contributed by atoms with Crippen LogP contribution in [0.2, 0.25) is 0 Å². The first-order valence-corrected chi connectivity index (χ1v) is 8.46. The van der Waals surface area contributed by atoms with Gasteiger partial charge in [0.1, 0.15) is 11.9 Å². The van der Waals surface area contributed by atoms with Crippen molar-refractivity contribution in [3.8, 4) is 0 Å². The molecule has 1 atom stereocenters. The number of pyridine rings is 1. The number of esters is 1. The number of nitrogens with one attached hydrogen (secondary N) is 1. The van der Waals surface area contributed by atoms with Crippen LogP contribution < -0.4 is 10.8 Å². The van der Waals surface area contributed by atoms with Crippen LogP contribution in [0.4, 0.5) is 21.6 Å². The van der Waals surface area contributed by atoms with E-state index in [4.69, 9.17) is 4.74 Å². The van der Waals surface area contributed by atoms with Crippen LogP contribution in [0.25, 0.3) is 0 Å². The summed E-state index contributed by atoms with van der Waals surface area (Å²) in [4.78, 5) is 26.8. The lowest BCUT2D eigenvalue weighted by Gasteiger charge is -2.14. The topological polar surface area (TPSA) is 119 Å². The SMILES string of the molecule is COC(=O)C(CC(C)C)N=c1cc([N+](=O)[O-])cc(Nc2cccc(F)c2)n1O. The van der Waals surface area contributed by atoms with E-state index >= 15 is 0 Å². The van der Waals surface area contributed by atoms with Crippen molar-refractivity contribution in [2.75, 3.05) is 12.4 Å². The summed E-state index contributed by atoms with van der Waals surface area (Å²) in [6, 6.07) is 6.51. The summed E-state index contributed by atoms with van der Waals surface area (Å²) in [5.41, 5.74) is -0.318. The average Bonchev–Trinajstić information content (AvgIpc) is 2.63. The van der Waals surface area contributed by atoms with Crippen LogP contribution >= 0.6 is 0 Å². The molecule has 0 fully saturated rings. The van der Waals surface area contributed by atoms with Crippen molar-refractivity contribution in [3.63, 3.8) is 0 Å². The number of carbonyl (C=O) groups is 1. The third-order valence-corrected chi connectivity index (χ3v) is 3.77. The fraction of sp³-hybridized carbons (Fsp3) is 0.333. The second kappa shape index (κ2) is 8.98. The summed E-state index contributed by atoms with van der Waals surface area (Å²) in [6.07, 6.45) is 0.321. The second-order valence-electron chi connectivity index (χ2n) is 6.46. The molecule has 0 aliphatic rings. The molecule has 2 aromatic rings. The molecule has 0 radical (unpaired) electrons. The fourth-order valence-corrected chi connectivity index (χ4v) is 2.50. The van der Waals surface area contributed by atoms with E-state index in [1.807, 2.05) is 13.8 Å². The third kappa shape index (κ3) is 5.29.